The molecule has 2 atom stereocenters. The summed E-state index contributed by atoms with van der Waals surface area (Å²) >= 11 is 0. The fourth-order valence-corrected chi connectivity index (χ4v) is 2.99. The van der Waals surface area contributed by atoms with Gasteiger partial charge in [-0.3, -0.25) is 0 Å². The predicted octanol–water partition coefficient (Wildman–Crippen LogP) is 2.77. The molecule has 19 heavy (non-hydrogen) atoms. The zero-order chi connectivity index (χ0) is 13.8. The lowest BCUT2D eigenvalue weighted by molar-refractivity contribution is 0.473. The molecule has 1 aromatic rings. The standard InChI is InChI=1S/C16H23N3/c1-12-5-4-6-13(2)16(12)19-10-8-14(3)18-15(11-19)7-9-17/h4-6,14-15,18H,7-8,10-11H2,1-3H3. The highest BCUT2D eigenvalue weighted by Crippen LogP contribution is 2.26. The molecule has 3 nitrogen and oxygen atoms in total. The van der Waals surface area contributed by atoms with E-state index in [0.29, 0.717) is 12.5 Å². The molecule has 102 valence electrons. The number of benzene rings is 1. The van der Waals surface area contributed by atoms with Gasteiger partial charge in [0, 0.05) is 30.9 Å². The average molecular weight is 257 g/mol. The van der Waals surface area contributed by atoms with E-state index >= 15 is 0 Å². The molecule has 1 aliphatic rings. The van der Waals surface area contributed by atoms with Crippen LogP contribution in [0.1, 0.15) is 30.9 Å². The molecule has 1 aromatic carbocycles. The van der Waals surface area contributed by atoms with Crippen molar-refractivity contribution in [3.8, 4) is 6.07 Å². The molecule has 0 aliphatic carbocycles. The molecule has 0 spiro atoms. The van der Waals surface area contributed by atoms with E-state index in [0.717, 1.165) is 19.5 Å². The van der Waals surface area contributed by atoms with Crippen molar-refractivity contribution in [1.29, 1.82) is 5.26 Å². The summed E-state index contributed by atoms with van der Waals surface area (Å²) in [5.41, 5.74) is 4.00. The molecule has 2 unspecified atom stereocenters. The first-order valence-corrected chi connectivity index (χ1v) is 7.06. The monoisotopic (exact) mass is 257 g/mol. The van der Waals surface area contributed by atoms with Gasteiger partial charge in [-0.2, -0.15) is 5.26 Å². The highest BCUT2D eigenvalue weighted by Gasteiger charge is 2.22. The van der Waals surface area contributed by atoms with E-state index in [4.69, 9.17) is 5.26 Å². The zero-order valence-electron chi connectivity index (χ0n) is 12.1. The second-order valence-electron chi connectivity index (χ2n) is 5.60. The molecule has 0 saturated carbocycles. The molecule has 1 N–H and O–H groups in total. The summed E-state index contributed by atoms with van der Waals surface area (Å²) in [6.45, 7) is 8.52. The molecule has 0 radical (unpaired) electrons. The van der Waals surface area contributed by atoms with Gasteiger partial charge in [0.1, 0.15) is 0 Å². The first-order valence-electron chi connectivity index (χ1n) is 7.06. The van der Waals surface area contributed by atoms with Crippen molar-refractivity contribution in [2.45, 2.75) is 45.7 Å². The summed E-state index contributed by atoms with van der Waals surface area (Å²) in [6, 6.07) is 9.49. The summed E-state index contributed by atoms with van der Waals surface area (Å²) < 4.78 is 0. The third kappa shape index (κ3) is 3.27. The third-order valence-electron chi connectivity index (χ3n) is 3.89. The van der Waals surface area contributed by atoms with Crippen molar-refractivity contribution < 1.29 is 0 Å². The normalized spacial score (nSPS) is 23.8. The number of nitrogens with zero attached hydrogens (tertiary/aromatic N) is 2. The molecule has 3 heteroatoms. The van der Waals surface area contributed by atoms with Gasteiger partial charge < -0.3 is 10.2 Å². The lowest BCUT2D eigenvalue weighted by atomic mass is 10.1. The Morgan fingerprint density at radius 1 is 1.37 bits per heavy atom. The third-order valence-corrected chi connectivity index (χ3v) is 3.89. The average Bonchev–Trinajstić information content (AvgIpc) is 2.52. The lowest BCUT2D eigenvalue weighted by Gasteiger charge is -2.28. The Hall–Kier alpha value is -1.53. The highest BCUT2D eigenvalue weighted by atomic mass is 15.2. The Morgan fingerprint density at radius 2 is 2.05 bits per heavy atom. The van der Waals surface area contributed by atoms with Gasteiger partial charge in [0.15, 0.2) is 0 Å². The first-order chi connectivity index (χ1) is 9.11. The van der Waals surface area contributed by atoms with Crippen LogP contribution in [0, 0.1) is 25.2 Å². The number of nitrogens with one attached hydrogen (secondary N) is 1. The van der Waals surface area contributed by atoms with E-state index in [2.05, 4.69) is 55.3 Å². The Balaban J connectivity index is 2.25. The molecule has 0 bridgehead atoms. The maximum absolute atomic E-state index is 8.95. The maximum atomic E-state index is 8.95. The number of rotatable bonds is 2. The van der Waals surface area contributed by atoms with Crippen LogP contribution in [0.5, 0.6) is 0 Å². The van der Waals surface area contributed by atoms with Crippen LogP contribution in [0.4, 0.5) is 5.69 Å². The van der Waals surface area contributed by atoms with E-state index in [1.165, 1.54) is 16.8 Å². The summed E-state index contributed by atoms with van der Waals surface area (Å²) in [4.78, 5) is 2.45. The molecular formula is C16H23N3. The van der Waals surface area contributed by atoms with Crippen LogP contribution in [0.15, 0.2) is 18.2 Å². The fraction of sp³-hybridized carbons (Fsp3) is 0.562. The highest BCUT2D eigenvalue weighted by molar-refractivity contribution is 5.59. The van der Waals surface area contributed by atoms with E-state index in [9.17, 15) is 0 Å². The minimum absolute atomic E-state index is 0.265. The van der Waals surface area contributed by atoms with Gasteiger partial charge >= 0.3 is 0 Å². The SMILES string of the molecule is Cc1cccc(C)c1N1CCC(C)NC(CC#N)C1. The smallest absolute Gasteiger partial charge is 0.0638 e. The number of aryl methyl sites for hydroxylation is 2. The van der Waals surface area contributed by atoms with Crippen LogP contribution < -0.4 is 10.2 Å². The molecule has 1 aliphatic heterocycles. The Bertz CT molecular complexity index is 455. The van der Waals surface area contributed by atoms with Gasteiger partial charge in [-0.05, 0) is 38.3 Å². The van der Waals surface area contributed by atoms with Gasteiger partial charge in [-0.1, -0.05) is 18.2 Å². The van der Waals surface area contributed by atoms with Gasteiger partial charge in [-0.25, -0.2) is 0 Å². The topological polar surface area (TPSA) is 39.1 Å². The van der Waals surface area contributed by atoms with Crippen molar-refractivity contribution in [3.05, 3.63) is 29.3 Å². The number of nitriles is 1. The lowest BCUT2D eigenvalue weighted by Crippen LogP contribution is -2.40. The van der Waals surface area contributed by atoms with Gasteiger partial charge in [-0.15, -0.1) is 0 Å². The zero-order valence-corrected chi connectivity index (χ0v) is 12.1. The minimum atomic E-state index is 0.265. The minimum Gasteiger partial charge on any atom is -0.369 e. The van der Waals surface area contributed by atoms with Crippen molar-refractivity contribution in [3.63, 3.8) is 0 Å². The summed E-state index contributed by atoms with van der Waals surface area (Å²) in [7, 11) is 0. The second kappa shape index (κ2) is 6.08. The number of hydrogen-bond donors (Lipinski definition) is 1. The molecule has 1 fully saturated rings. The van der Waals surface area contributed by atoms with Crippen molar-refractivity contribution in [1.82, 2.24) is 5.32 Å². The predicted molar refractivity (Wildman–Crippen MR) is 79.4 cm³/mol. The van der Waals surface area contributed by atoms with Crippen LogP contribution in [0.25, 0.3) is 0 Å². The van der Waals surface area contributed by atoms with Crippen LogP contribution >= 0.6 is 0 Å². The molecule has 0 amide bonds. The maximum Gasteiger partial charge on any atom is 0.0638 e. The molecular weight excluding hydrogens is 234 g/mol. The molecule has 1 heterocycles. The van der Waals surface area contributed by atoms with Crippen LogP contribution in [0.3, 0.4) is 0 Å². The number of hydrogen-bond acceptors (Lipinski definition) is 3. The first kappa shape index (κ1) is 13.9. The number of para-hydroxylation sites is 1. The molecule has 0 aromatic heterocycles. The van der Waals surface area contributed by atoms with Crippen LogP contribution in [0.2, 0.25) is 0 Å². The van der Waals surface area contributed by atoms with Crippen molar-refractivity contribution in [2.24, 2.45) is 0 Å². The Morgan fingerprint density at radius 3 is 2.68 bits per heavy atom. The van der Waals surface area contributed by atoms with Gasteiger partial charge in [0.05, 0.1) is 12.5 Å². The van der Waals surface area contributed by atoms with E-state index < -0.39 is 0 Å². The van der Waals surface area contributed by atoms with Crippen LogP contribution in [-0.4, -0.2) is 25.2 Å². The largest absolute Gasteiger partial charge is 0.369 e. The van der Waals surface area contributed by atoms with Crippen molar-refractivity contribution >= 4 is 5.69 Å². The van der Waals surface area contributed by atoms with E-state index in [1.54, 1.807) is 0 Å². The summed E-state index contributed by atoms with van der Waals surface area (Å²) in [5, 5.41) is 12.5. The quantitative estimate of drug-likeness (QED) is 0.885. The fourth-order valence-electron chi connectivity index (χ4n) is 2.99. The summed E-state index contributed by atoms with van der Waals surface area (Å²) in [5.74, 6) is 0. The molecule has 2 rings (SSSR count). The van der Waals surface area contributed by atoms with E-state index in [-0.39, 0.29) is 6.04 Å². The van der Waals surface area contributed by atoms with E-state index in [1.807, 2.05) is 0 Å². The number of anilines is 1. The second-order valence-corrected chi connectivity index (χ2v) is 5.60. The Labute approximate surface area is 116 Å². The van der Waals surface area contributed by atoms with Crippen molar-refractivity contribution in [2.75, 3.05) is 18.0 Å². The van der Waals surface area contributed by atoms with Gasteiger partial charge in [0.2, 0.25) is 0 Å². The Kier molecular flexibility index (Phi) is 4.44. The van der Waals surface area contributed by atoms with Crippen LogP contribution in [-0.2, 0) is 0 Å². The molecule has 1 saturated heterocycles. The van der Waals surface area contributed by atoms with Gasteiger partial charge in [0.25, 0.3) is 0 Å². The summed E-state index contributed by atoms with van der Waals surface area (Å²) in [6.07, 6.45) is 1.70.